The molecule has 0 spiro atoms. The molecular formula is C22H41O2S2. The van der Waals surface area contributed by atoms with Gasteiger partial charge in [-0.2, -0.15) is 0 Å². The molecule has 0 aromatic rings. The van der Waals surface area contributed by atoms with Gasteiger partial charge in [0.15, 0.2) is 10.2 Å². The van der Waals surface area contributed by atoms with Crippen molar-refractivity contribution in [3.63, 3.8) is 0 Å². The summed E-state index contributed by atoms with van der Waals surface area (Å²) in [5.74, 6) is 1.58. The minimum atomic E-state index is -0.0649. The van der Waals surface area contributed by atoms with Crippen LogP contribution in [0.3, 0.4) is 0 Å². The predicted molar refractivity (Wildman–Crippen MR) is 120 cm³/mol. The minimum Gasteiger partial charge on any atom is -0.287 e. The van der Waals surface area contributed by atoms with Gasteiger partial charge in [-0.25, -0.2) is 0 Å². The maximum absolute atomic E-state index is 12.5. The number of carbonyl (C=O) groups is 2. The molecule has 0 aliphatic rings. The molecule has 0 rings (SSSR count). The predicted octanol–water partition coefficient (Wildman–Crippen LogP) is 7.31. The van der Waals surface area contributed by atoms with Crippen molar-refractivity contribution in [1.82, 2.24) is 0 Å². The normalized spacial score (nSPS) is 13.5. The van der Waals surface area contributed by atoms with Crippen molar-refractivity contribution in [3.8, 4) is 0 Å². The molecule has 0 fully saturated rings. The van der Waals surface area contributed by atoms with Gasteiger partial charge in [-0.15, -0.1) is 0 Å². The van der Waals surface area contributed by atoms with Gasteiger partial charge in [-0.3, -0.25) is 9.59 Å². The number of carbonyl (C=O) groups excluding carboxylic acids is 2. The van der Waals surface area contributed by atoms with Crippen molar-refractivity contribution >= 4 is 33.8 Å². The van der Waals surface area contributed by atoms with E-state index in [1.165, 1.54) is 74.9 Å². The Bertz CT molecular complexity index is 358. The fourth-order valence-corrected chi connectivity index (χ4v) is 4.70. The van der Waals surface area contributed by atoms with Crippen LogP contribution in [-0.2, 0) is 9.59 Å². The van der Waals surface area contributed by atoms with Gasteiger partial charge in [-0.05, 0) is 30.8 Å². The molecule has 26 heavy (non-hydrogen) atoms. The highest BCUT2D eigenvalue weighted by Crippen LogP contribution is 2.29. The third-order valence-corrected chi connectivity index (χ3v) is 6.63. The van der Waals surface area contributed by atoms with Crippen LogP contribution in [0, 0.1) is 18.8 Å². The van der Waals surface area contributed by atoms with Gasteiger partial charge in [0.1, 0.15) is 0 Å². The highest BCUT2D eigenvalue weighted by atomic mass is 32.2. The Morgan fingerprint density at radius 1 is 0.731 bits per heavy atom. The Hall–Kier alpha value is 0.0400. The van der Waals surface area contributed by atoms with E-state index in [-0.39, 0.29) is 22.1 Å². The molecule has 0 N–H and O–H groups in total. The first-order valence-corrected chi connectivity index (χ1v) is 12.7. The molecule has 2 unspecified atom stereocenters. The zero-order valence-corrected chi connectivity index (χ0v) is 19.0. The summed E-state index contributed by atoms with van der Waals surface area (Å²) >= 11 is 2.80. The van der Waals surface area contributed by atoms with Crippen LogP contribution in [0.1, 0.15) is 97.8 Å². The quantitative estimate of drug-likeness (QED) is 0.239. The second-order valence-electron chi connectivity index (χ2n) is 7.04. The van der Waals surface area contributed by atoms with Crippen molar-refractivity contribution in [2.45, 2.75) is 97.8 Å². The number of hydrogen-bond donors (Lipinski definition) is 0. The van der Waals surface area contributed by atoms with Crippen molar-refractivity contribution in [1.29, 1.82) is 0 Å². The van der Waals surface area contributed by atoms with Gasteiger partial charge >= 0.3 is 0 Å². The third-order valence-electron chi connectivity index (χ3n) is 4.81. The summed E-state index contributed by atoms with van der Waals surface area (Å²) in [6.45, 7) is 10.2. The lowest BCUT2D eigenvalue weighted by Crippen LogP contribution is -2.20. The molecule has 0 aromatic carbocycles. The molecule has 0 saturated heterocycles. The molecule has 153 valence electrons. The average molecular weight is 402 g/mol. The first kappa shape index (κ1) is 26.0. The Morgan fingerprint density at radius 2 is 1.19 bits per heavy atom. The topological polar surface area (TPSA) is 34.1 Å². The summed E-state index contributed by atoms with van der Waals surface area (Å²) in [6, 6.07) is 0. The van der Waals surface area contributed by atoms with Gasteiger partial charge in [0, 0.05) is 11.8 Å². The highest BCUT2D eigenvalue weighted by Gasteiger charge is 2.26. The molecule has 0 heterocycles. The van der Waals surface area contributed by atoms with Gasteiger partial charge < -0.3 is 0 Å². The van der Waals surface area contributed by atoms with E-state index < -0.39 is 0 Å². The molecule has 4 heteroatoms. The van der Waals surface area contributed by atoms with Gasteiger partial charge in [0.05, 0.1) is 0 Å². The number of rotatable bonds is 17. The van der Waals surface area contributed by atoms with Crippen molar-refractivity contribution < 1.29 is 9.59 Å². The van der Waals surface area contributed by atoms with Crippen LogP contribution in [0.25, 0.3) is 0 Å². The summed E-state index contributed by atoms with van der Waals surface area (Å²) in [5, 5.41) is 0.494. The van der Waals surface area contributed by atoms with Crippen LogP contribution >= 0.6 is 23.5 Å². The Morgan fingerprint density at radius 3 is 1.65 bits per heavy atom. The van der Waals surface area contributed by atoms with Crippen LogP contribution in [-0.4, -0.2) is 21.7 Å². The Balaban J connectivity index is 4.22. The van der Waals surface area contributed by atoms with E-state index in [1.54, 1.807) is 0 Å². The van der Waals surface area contributed by atoms with Crippen LogP contribution in [0.4, 0.5) is 0 Å². The third kappa shape index (κ3) is 13.2. The van der Waals surface area contributed by atoms with E-state index in [9.17, 15) is 9.59 Å². The van der Waals surface area contributed by atoms with E-state index in [0.29, 0.717) is 12.8 Å². The van der Waals surface area contributed by atoms with Crippen LogP contribution in [0.2, 0.25) is 0 Å². The SMILES string of the molecule is [CH2]CC(CC(CCCCCCCCCCC)C(=O)SCC)C(=O)SCC. The number of hydrogen-bond acceptors (Lipinski definition) is 4. The minimum absolute atomic E-state index is 0.0256. The second kappa shape index (κ2) is 18.4. The Kier molecular flexibility index (Phi) is 18.4. The Labute approximate surface area is 171 Å². The molecule has 0 aliphatic carbocycles. The lowest BCUT2D eigenvalue weighted by Gasteiger charge is -2.20. The average Bonchev–Trinajstić information content (AvgIpc) is 2.63. The van der Waals surface area contributed by atoms with Gasteiger partial charge in [0.25, 0.3) is 0 Å². The van der Waals surface area contributed by atoms with Crippen molar-refractivity contribution in [3.05, 3.63) is 6.92 Å². The summed E-state index contributed by atoms with van der Waals surface area (Å²) < 4.78 is 0. The molecule has 2 nitrogen and oxygen atoms in total. The molecular weight excluding hydrogens is 360 g/mol. The van der Waals surface area contributed by atoms with E-state index in [0.717, 1.165) is 24.3 Å². The van der Waals surface area contributed by atoms with E-state index in [4.69, 9.17) is 0 Å². The number of thioether (sulfide) groups is 2. The van der Waals surface area contributed by atoms with Crippen molar-refractivity contribution in [2.75, 3.05) is 11.5 Å². The van der Waals surface area contributed by atoms with E-state index in [2.05, 4.69) is 13.8 Å². The maximum Gasteiger partial charge on any atom is 0.192 e. The lowest BCUT2D eigenvalue weighted by molar-refractivity contribution is -0.117. The highest BCUT2D eigenvalue weighted by molar-refractivity contribution is 8.13. The molecule has 0 aromatic heterocycles. The standard InChI is InChI=1S/C22H41O2S2/c1-5-9-10-11-12-13-14-15-16-17-20(22(24)26-8-4)18-19(6-2)21(23)25-7-3/h19-20H,2,5-18H2,1,3-4H3. The summed E-state index contributed by atoms with van der Waals surface area (Å²) in [7, 11) is 0. The van der Waals surface area contributed by atoms with Crippen LogP contribution in [0.5, 0.6) is 0 Å². The molecule has 0 saturated carbocycles. The zero-order valence-electron chi connectivity index (χ0n) is 17.4. The molecule has 0 aliphatic heterocycles. The van der Waals surface area contributed by atoms with Crippen LogP contribution in [0.15, 0.2) is 0 Å². The molecule has 1 radical (unpaired) electrons. The molecule has 2 atom stereocenters. The van der Waals surface area contributed by atoms with Crippen molar-refractivity contribution in [2.24, 2.45) is 11.8 Å². The fourth-order valence-electron chi connectivity index (χ4n) is 3.23. The molecule has 0 bridgehead atoms. The van der Waals surface area contributed by atoms with E-state index in [1.807, 2.05) is 13.8 Å². The first-order valence-electron chi connectivity index (χ1n) is 10.7. The van der Waals surface area contributed by atoms with Gasteiger partial charge in [-0.1, -0.05) is 109 Å². The smallest absolute Gasteiger partial charge is 0.192 e. The van der Waals surface area contributed by atoms with E-state index >= 15 is 0 Å². The maximum atomic E-state index is 12.5. The second-order valence-corrected chi connectivity index (χ2v) is 9.58. The summed E-state index contributed by atoms with van der Waals surface area (Å²) in [6.07, 6.45) is 13.9. The number of unbranched alkanes of at least 4 members (excludes halogenated alkanes) is 8. The van der Waals surface area contributed by atoms with Gasteiger partial charge in [0.2, 0.25) is 0 Å². The fraction of sp³-hybridized carbons (Fsp3) is 0.864. The monoisotopic (exact) mass is 401 g/mol. The lowest BCUT2D eigenvalue weighted by atomic mass is 9.90. The largest absolute Gasteiger partial charge is 0.287 e. The summed E-state index contributed by atoms with van der Waals surface area (Å²) in [5.41, 5.74) is 0. The first-order chi connectivity index (χ1) is 12.6. The molecule has 0 amide bonds. The van der Waals surface area contributed by atoms with Crippen LogP contribution < -0.4 is 0 Å². The summed E-state index contributed by atoms with van der Waals surface area (Å²) in [4.78, 5) is 24.7. The zero-order chi connectivity index (χ0) is 19.6.